The van der Waals surface area contributed by atoms with E-state index in [0.717, 1.165) is 36.2 Å². The van der Waals surface area contributed by atoms with Crippen LogP contribution in [0.25, 0.3) is 0 Å². The molecule has 1 fully saturated rings. The van der Waals surface area contributed by atoms with Crippen LogP contribution in [0.2, 0.25) is 0 Å². The van der Waals surface area contributed by atoms with Crippen LogP contribution in [0.4, 0.5) is 0 Å². The van der Waals surface area contributed by atoms with Crippen LogP contribution in [0.5, 0.6) is 0 Å². The highest BCUT2D eigenvalue weighted by Gasteiger charge is 2.26. The summed E-state index contributed by atoms with van der Waals surface area (Å²) in [6.45, 7) is 3.56. The predicted octanol–water partition coefficient (Wildman–Crippen LogP) is 3.03. The molecule has 0 bridgehead atoms. The molecular formula is C15H21NO3S. The largest absolute Gasteiger partial charge is 0.481 e. The van der Waals surface area contributed by atoms with Gasteiger partial charge in [0.15, 0.2) is 0 Å². The number of carbonyl (C=O) groups is 2. The summed E-state index contributed by atoms with van der Waals surface area (Å²) in [6.07, 6.45) is 3.75. The minimum atomic E-state index is -0.750. The van der Waals surface area contributed by atoms with E-state index in [2.05, 4.69) is 6.92 Å². The standard InChI is InChI=1S/C15H21NO3S/c1-2-12-7-9-20-14(12)15(19)16-8-3-4-11(10-16)5-6-13(17)18/h7,9,11H,2-6,8,10H2,1H3,(H,17,18). The number of aliphatic carboxylic acids is 1. The second-order valence-electron chi connectivity index (χ2n) is 5.32. The van der Waals surface area contributed by atoms with Crippen molar-refractivity contribution in [3.8, 4) is 0 Å². The van der Waals surface area contributed by atoms with Gasteiger partial charge in [-0.3, -0.25) is 9.59 Å². The first-order valence-electron chi connectivity index (χ1n) is 7.19. The van der Waals surface area contributed by atoms with Gasteiger partial charge in [0.05, 0.1) is 4.88 Å². The average molecular weight is 295 g/mol. The fourth-order valence-electron chi connectivity index (χ4n) is 2.76. The van der Waals surface area contributed by atoms with Crippen LogP contribution in [0.1, 0.15) is 47.8 Å². The van der Waals surface area contributed by atoms with E-state index in [1.165, 1.54) is 11.3 Å². The molecule has 1 aromatic rings. The second kappa shape index (κ2) is 6.88. The third-order valence-electron chi connectivity index (χ3n) is 3.89. The molecule has 1 N–H and O–H groups in total. The monoisotopic (exact) mass is 295 g/mol. The first-order valence-corrected chi connectivity index (χ1v) is 8.07. The molecule has 5 heteroatoms. The van der Waals surface area contributed by atoms with Crippen molar-refractivity contribution < 1.29 is 14.7 Å². The van der Waals surface area contributed by atoms with E-state index in [1.54, 1.807) is 0 Å². The number of aryl methyl sites for hydroxylation is 1. The molecule has 0 aromatic carbocycles. The number of likely N-dealkylation sites (tertiary alicyclic amines) is 1. The van der Waals surface area contributed by atoms with Gasteiger partial charge in [0.2, 0.25) is 0 Å². The van der Waals surface area contributed by atoms with E-state index in [0.29, 0.717) is 18.9 Å². The highest BCUT2D eigenvalue weighted by atomic mass is 32.1. The zero-order chi connectivity index (χ0) is 14.5. The molecule has 4 nitrogen and oxygen atoms in total. The Labute approximate surface area is 123 Å². The number of carbonyl (C=O) groups excluding carboxylic acids is 1. The van der Waals surface area contributed by atoms with Crippen molar-refractivity contribution in [1.29, 1.82) is 0 Å². The quantitative estimate of drug-likeness (QED) is 0.908. The number of hydrogen-bond acceptors (Lipinski definition) is 3. The number of amides is 1. The van der Waals surface area contributed by atoms with Gasteiger partial charge in [-0.15, -0.1) is 11.3 Å². The number of carboxylic acids is 1. The van der Waals surface area contributed by atoms with E-state index < -0.39 is 5.97 Å². The second-order valence-corrected chi connectivity index (χ2v) is 6.24. The third-order valence-corrected chi connectivity index (χ3v) is 4.84. The summed E-state index contributed by atoms with van der Waals surface area (Å²) in [6, 6.07) is 2.02. The summed E-state index contributed by atoms with van der Waals surface area (Å²) < 4.78 is 0. The zero-order valence-corrected chi connectivity index (χ0v) is 12.6. The number of thiophene rings is 1. The van der Waals surface area contributed by atoms with Crippen molar-refractivity contribution in [2.24, 2.45) is 5.92 Å². The van der Waals surface area contributed by atoms with E-state index in [9.17, 15) is 9.59 Å². The van der Waals surface area contributed by atoms with Gasteiger partial charge in [-0.05, 0) is 48.6 Å². The molecule has 2 rings (SSSR count). The smallest absolute Gasteiger partial charge is 0.303 e. The van der Waals surface area contributed by atoms with Gasteiger partial charge in [0.1, 0.15) is 0 Å². The summed E-state index contributed by atoms with van der Waals surface area (Å²) >= 11 is 1.51. The molecule has 110 valence electrons. The molecule has 1 amide bonds. The lowest BCUT2D eigenvalue weighted by Gasteiger charge is -2.32. The molecule has 1 aromatic heterocycles. The molecule has 0 saturated carbocycles. The summed E-state index contributed by atoms with van der Waals surface area (Å²) in [7, 11) is 0. The lowest BCUT2D eigenvalue weighted by Crippen LogP contribution is -2.40. The van der Waals surface area contributed by atoms with Gasteiger partial charge >= 0.3 is 5.97 Å². The summed E-state index contributed by atoms with van der Waals surface area (Å²) in [5, 5.41) is 10.7. The number of hydrogen-bond donors (Lipinski definition) is 1. The minimum absolute atomic E-state index is 0.122. The van der Waals surface area contributed by atoms with Gasteiger partial charge in [-0.2, -0.15) is 0 Å². The summed E-state index contributed by atoms with van der Waals surface area (Å²) in [5.41, 5.74) is 1.12. The molecule has 1 atom stereocenters. The molecule has 0 spiro atoms. The Morgan fingerprint density at radius 1 is 1.50 bits per heavy atom. The fraction of sp³-hybridized carbons (Fsp3) is 0.600. The van der Waals surface area contributed by atoms with E-state index >= 15 is 0 Å². The molecule has 1 aliphatic heterocycles. The highest BCUT2D eigenvalue weighted by Crippen LogP contribution is 2.25. The van der Waals surface area contributed by atoms with Crippen molar-refractivity contribution in [3.05, 3.63) is 21.9 Å². The summed E-state index contributed by atoms with van der Waals surface area (Å²) in [4.78, 5) is 25.9. The van der Waals surface area contributed by atoms with Crippen molar-refractivity contribution in [2.45, 2.75) is 39.0 Å². The van der Waals surface area contributed by atoms with Crippen molar-refractivity contribution in [2.75, 3.05) is 13.1 Å². The van der Waals surface area contributed by atoms with Gasteiger partial charge < -0.3 is 10.0 Å². The maximum Gasteiger partial charge on any atom is 0.303 e. The molecular weight excluding hydrogens is 274 g/mol. The van der Waals surface area contributed by atoms with Crippen LogP contribution in [0.3, 0.4) is 0 Å². The van der Waals surface area contributed by atoms with Gasteiger partial charge in [-0.1, -0.05) is 6.92 Å². The van der Waals surface area contributed by atoms with Crippen LogP contribution in [-0.2, 0) is 11.2 Å². The van der Waals surface area contributed by atoms with Gasteiger partial charge in [0.25, 0.3) is 5.91 Å². The Morgan fingerprint density at radius 3 is 3.00 bits per heavy atom. The van der Waals surface area contributed by atoms with Crippen molar-refractivity contribution >= 4 is 23.2 Å². The van der Waals surface area contributed by atoms with Gasteiger partial charge in [0, 0.05) is 19.5 Å². The number of carboxylic acid groups (broad SMARTS) is 1. The molecule has 0 aliphatic carbocycles. The Balaban J connectivity index is 1.98. The first kappa shape index (κ1) is 15.0. The highest BCUT2D eigenvalue weighted by molar-refractivity contribution is 7.12. The lowest BCUT2D eigenvalue weighted by molar-refractivity contribution is -0.137. The maximum atomic E-state index is 12.5. The third kappa shape index (κ3) is 3.60. The van der Waals surface area contributed by atoms with Gasteiger partial charge in [-0.25, -0.2) is 0 Å². The van der Waals surface area contributed by atoms with Crippen LogP contribution in [0, 0.1) is 5.92 Å². The molecule has 0 radical (unpaired) electrons. The van der Waals surface area contributed by atoms with Crippen LogP contribution in [0.15, 0.2) is 11.4 Å². The van der Waals surface area contributed by atoms with E-state index in [4.69, 9.17) is 5.11 Å². The molecule has 1 unspecified atom stereocenters. The van der Waals surface area contributed by atoms with Crippen molar-refractivity contribution in [3.63, 3.8) is 0 Å². The van der Waals surface area contributed by atoms with Crippen LogP contribution >= 0.6 is 11.3 Å². The van der Waals surface area contributed by atoms with Crippen LogP contribution < -0.4 is 0 Å². The molecule has 20 heavy (non-hydrogen) atoms. The Kier molecular flexibility index (Phi) is 5.17. The topological polar surface area (TPSA) is 57.6 Å². The maximum absolute atomic E-state index is 12.5. The number of rotatable bonds is 5. The Bertz CT molecular complexity index is 483. The average Bonchev–Trinajstić information content (AvgIpc) is 2.93. The number of nitrogens with zero attached hydrogens (tertiary/aromatic N) is 1. The molecule has 2 heterocycles. The Morgan fingerprint density at radius 2 is 2.30 bits per heavy atom. The zero-order valence-electron chi connectivity index (χ0n) is 11.8. The first-order chi connectivity index (χ1) is 9.61. The van der Waals surface area contributed by atoms with E-state index in [-0.39, 0.29) is 12.3 Å². The molecule has 1 saturated heterocycles. The SMILES string of the molecule is CCc1ccsc1C(=O)N1CCCC(CCC(=O)O)C1. The predicted molar refractivity (Wildman–Crippen MR) is 79.2 cm³/mol. The lowest BCUT2D eigenvalue weighted by atomic mass is 9.93. The minimum Gasteiger partial charge on any atom is -0.481 e. The fourth-order valence-corrected chi connectivity index (χ4v) is 3.72. The summed E-state index contributed by atoms with van der Waals surface area (Å²) in [5.74, 6) is -0.300. The van der Waals surface area contributed by atoms with Crippen LogP contribution in [-0.4, -0.2) is 35.0 Å². The van der Waals surface area contributed by atoms with E-state index in [1.807, 2.05) is 16.3 Å². The Hall–Kier alpha value is -1.36. The van der Waals surface area contributed by atoms with Crippen molar-refractivity contribution in [1.82, 2.24) is 4.90 Å². The normalized spacial score (nSPS) is 19.1. The molecule has 1 aliphatic rings. The number of piperidine rings is 1.